The lowest BCUT2D eigenvalue weighted by atomic mass is 9.74. The standard InChI is InChI=1S/C22H19N5O3S/c1-21(2,3)26-18(31)17(13-8-10-14(11-9-13)27(28)29)22(12-23,19(26)24)20-25-15-6-4-5-7-16(15)30-20/h4-11,17,24H,1-3H3/t17-,22+/m0/s1. The predicted molar refractivity (Wildman–Crippen MR) is 119 cm³/mol. The lowest BCUT2D eigenvalue weighted by Gasteiger charge is -2.34. The zero-order valence-corrected chi connectivity index (χ0v) is 17.9. The van der Waals surface area contributed by atoms with Gasteiger partial charge in [0.25, 0.3) is 5.69 Å². The van der Waals surface area contributed by atoms with Crippen molar-refractivity contribution in [2.45, 2.75) is 37.6 Å². The van der Waals surface area contributed by atoms with Gasteiger partial charge in [-0.2, -0.15) is 5.26 Å². The van der Waals surface area contributed by atoms with E-state index in [1.807, 2.05) is 26.8 Å². The molecule has 0 bridgehead atoms. The molecule has 1 N–H and O–H groups in total. The van der Waals surface area contributed by atoms with E-state index in [1.165, 1.54) is 12.1 Å². The van der Waals surface area contributed by atoms with Gasteiger partial charge in [0, 0.05) is 17.7 Å². The third kappa shape index (κ3) is 2.99. The van der Waals surface area contributed by atoms with E-state index in [9.17, 15) is 15.4 Å². The van der Waals surface area contributed by atoms with Gasteiger partial charge in [0.1, 0.15) is 11.4 Å². The second kappa shape index (κ2) is 6.96. The van der Waals surface area contributed by atoms with Gasteiger partial charge in [-0.3, -0.25) is 15.5 Å². The first-order chi connectivity index (χ1) is 14.6. The fraction of sp³-hybridized carbons (Fsp3) is 0.273. The third-order valence-corrected chi connectivity index (χ3v) is 5.83. The van der Waals surface area contributed by atoms with E-state index in [2.05, 4.69) is 11.1 Å². The van der Waals surface area contributed by atoms with Crippen LogP contribution in [0.25, 0.3) is 11.1 Å². The van der Waals surface area contributed by atoms with Crippen LogP contribution in [0.15, 0.2) is 52.9 Å². The first-order valence-electron chi connectivity index (χ1n) is 9.56. The summed E-state index contributed by atoms with van der Waals surface area (Å²) in [6, 6.07) is 15.3. The van der Waals surface area contributed by atoms with Crippen molar-refractivity contribution in [1.82, 2.24) is 9.88 Å². The molecule has 0 amide bonds. The summed E-state index contributed by atoms with van der Waals surface area (Å²) in [7, 11) is 0. The highest BCUT2D eigenvalue weighted by Gasteiger charge is 2.62. The van der Waals surface area contributed by atoms with Crippen molar-refractivity contribution >= 4 is 39.8 Å². The van der Waals surface area contributed by atoms with Crippen molar-refractivity contribution in [1.29, 1.82) is 10.7 Å². The molecule has 1 aromatic heterocycles. The summed E-state index contributed by atoms with van der Waals surface area (Å²) in [5, 5.41) is 30.6. The highest BCUT2D eigenvalue weighted by Crippen LogP contribution is 2.50. The third-order valence-electron chi connectivity index (χ3n) is 5.41. The van der Waals surface area contributed by atoms with E-state index in [1.54, 1.807) is 35.2 Å². The van der Waals surface area contributed by atoms with Gasteiger partial charge in [-0.25, -0.2) is 4.98 Å². The first kappa shape index (κ1) is 20.6. The average Bonchev–Trinajstić information content (AvgIpc) is 3.24. The maximum Gasteiger partial charge on any atom is 0.269 e. The molecular formula is C22H19N5O3S. The number of non-ortho nitro benzene ring substituents is 1. The molecule has 1 aliphatic rings. The Morgan fingerprint density at radius 2 is 1.90 bits per heavy atom. The molecule has 156 valence electrons. The van der Waals surface area contributed by atoms with Crippen LogP contribution in [0.1, 0.15) is 38.1 Å². The summed E-state index contributed by atoms with van der Waals surface area (Å²) in [6.07, 6.45) is 0. The fourth-order valence-electron chi connectivity index (χ4n) is 4.02. The molecule has 31 heavy (non-hydrogen) atoms. The van der Waals surface area contributed by atoms with Crippen molar-refractivity contribution in [2.75, 3.05) is 0 Å². The van der Waals surface area contributed by atoms with Gasteiger partial charge in [0.05, 0.1) is 21.9 Å². The molecule has 1 aliphatic heterocycles. The molecule has 0 unspecified atom stereocenters. The second-order valence-electron chi connectivity index (χ2n) is 8.38. The van der Waals surface area contributed by atoms with E-state index in [-0.39, 0.29) is 17.4 Å². The number of oxazole rings is 1. The summed E-state index contributed by atoms with van der Waals surface area (Å²) >= 11 is 5.78. The number of amidine groups is 1. The molecule has 1 saturated heterocycles. The summed E-state index contributed by atoms with van der Waals surface area (Å²) in [4.78, 5) is 17.2. The summed E-state index contributed by atoms with van der Waals surface area (Å²) in [5.74, 6) is -0.714. The van der Waals surface area contributed by atoms with Crippen LogP contribution in [-0.4, -0.2) is 31.2 Å². The van der Waals surface area contributed by atoms with Crippen LogP contribution in [0.4, 0.5) is 5.69 Å². The van der Waals surface area contributed by atoms with Crippen molar-refractivity contribution < 1.29 is 9.34 Å². The minimum atomic E-state index is -1.61. The predicted octanol–water partition coefficient (Wildman–Crippen LogP) is 4.70. The average molecular weight is 433 g/mol. The number of nitriles is 1. The zero-order chi connectivity index (χ0) is 22.6. The number of nitro benzene ring substituents is 1. The van der Waals surface area contributed by atoms with Crippen molar-refractivity contribution in [2.24, 2.45) is 0 Å². The van der Waals surface area contributed by atoms with Crippen LogP contribution in [-0.2, 0) is 5.41 Å². The SMILES string of the molecule is CC(C)(C)N1C(=N)[C@](C#N)(c2nc3ccccc3o2)[C@@H](c2ccc([N+](=O)[O-])cc2)C1=S. The number of para-hydroxylation sites is 2. The number of rotatable bonds is 3. The molecule has 4 rings (SSSR count). The Balaban J connectivity index is 1.98. The van der Waals surface area contributed by atoms with Crippen molar-refractivity contribution in [3.8, 4) is 6.07 Å². The number of benzene rings is 2. The molecule has 2 atom stereocenters. The fourth-order valence-corrected chi connectivity index (χ4v) is 4.69. The van der Waals surface area contributed by atoms with Gasteiger partial charge in [-0.05, 0) is 38.5 Å². The van der Waals surface area contributed by atoms with E-state index in [4.69, 9.17) is 22.0 Å². The summed E-state index contributed by atoms with van der Waals surface area (Å²) in [6.45, 7) is 5.71. The Labute approximate surface area is 183 Å². The minimum absolute atomic E-state index is 0.0255. The lowest BCUT2D eigenvalue weighted by Crippen LogP contribution is -2.47. The normalized spacial score (nSPS) is 21.5. The van der Waals surface area contributed by atoms with Crippen LogP contribution in [0.3, 0.4) is 0 Å². The Bertz CT molecular complexity index is 1240. The molecule has 8 nitrogen and oxygen atoms in total. The summed E-state index contributed by atoms with van der Waals surface area (Å²) < 4.78 is 5.97. The molecule has 0 saturated carbocycles. The van der Waals surface area contributed by atoms with Gasteiger partial charge in [0.2, 0.25) is 11.3 Å². The molecule has 3 aromatic rings. The minimum Gasteiger partial charge on any atom is -0.438 e. The Morgan fingerprint density at radius 3 is 2.45 bits per heavy atom. The largest absolute Gasteiger partial charge is 0.438 e. The monoisotopic (exact) mass is 433 g/mol. The topological polar surface area (TPSA) is 120 Å². The van der Waals surface area contributed by atoms with Crippen LogP contribution < -0.4 is 0 Å². The first-order valence-corrected chi connectivity index (χ1v) is 9.97. The van der Waals surface area contributed by atoms with Crippen molar-refractivity contribution in [3.63, 3.8) is 0 Å². The van der Waals surface area contributed by atoms with Gasteiger partial charge in [-0.15, -0.1) is 0 Å². The Morgan fingerprint density at radius 1 is 1.26 bits per heavy atom. The lowest BCUT2D eigenvalue weighted by molar-refractivity contribution is -0.384. The van der Waals surface area contributed by atoms with E-state index in [0.29, 0.717) is 21.7 Å². The van der Waals surface area contributed by atoms with Gasteiger partial charge in [0.15, 0.2) is 5.58 Å². The number of nitro groups is 1. The molecule has 2 heterocycles. The van der Waals surface area contributed by atoms with Crippen LogP contribution in [0.5, 0.6) is 0 Å². The molecule has 2 aromatic carbocycles. The maximum atomic E-state index is 11.1. The van der Waals surface area contributed by atoms with Gasteiger partial charge < -0.3 is 9.32 Å². The number of hydrogen-bond acceptors (Lipinski definition) is 7. The number of nitrogens with zero attached hydrogens (tertiary/aromatic N) is 4. The van der Waals surface area contributed by atoms with Crippen LogP contribution in [0.2, 0.25) is 0 Å². The quantitative estimate of drug-likeness (QED) is 0.361. The Hall–Kier alpha value is -3.64. The number of aromatic nitrogens is 1. The molecule has 0 radical (unpaired) electrons. The number of nitrogens with one attached hydrogen (secondary N) is 1. The van der Waals surface area contributed by atoms with Crippen LogP contribution >= 0.6 is 12.2 Å². The van der Waals surface area contributed by atoms with Crippen molar-refractivity contribution in [3.05, 3.63) is 70.1 Å². The molecule has 0 aliphatic carbocycles. The molecule has 0 spiro atoms. The van der Waals surface area contributed by atoms with Crippen LogP contribution in [0, 0.1) is 26.9 Å². The van der Waals surface area contributed by atoms with E-state index in [0.717, 1.165) is 0 Å². The highest BCUT2D eigenvalue weighted by atomic mass is 32.1. The summed E-state index contributed by atoms with van der Waals surface area (Å²) in [5.41, 5.74) is -0.599. The second-order valence-corrected chi connectivity index (χ2v) is 8.80. The van der Waals surface area contributed by atoms with E-state index >= 15 is 0 Å². The van der Waals surface area contributed by atoms with E-state index < -0.39 is 21.8 Å². The highest BCUT2D eigenvalue weighted by molar-refractivity contribution is 7.80. The number of likely N-dealkylation sites (tertiary alicyclic amines) is 1. The van der Waals surface area contributed by atoms with Gasteiger partial charge in [-0.1, -0.05) is 36.5 Å². The van der Waals surface area contributed by atoms with Gasteiger partial charge >= 0.3 is 0 Å². The molecular weight excluding hydrogens is 414 g/mol. The number of hydrogen-bond donors (Lipinski definition) is 1. The Kier molecular flexibility index (Phi) is 4.63. The number of thiocarbonyl (C=S) groups is 1. The molecule has 1 fully saturated rings. The maximum absolute atomic E-state index is 11.1. The molecule has 9 heteroatoms. The number of fused-ring (bicyclic) bond motifs is 1. The zero-order valence-electron chi connectivity index (χ0n) is 17.1. The smallest absolute Gasteiger partial charge is 0.269 e.